The first kappa shape index (κ1) is 20.3. The topological polar surface area (TPSA) is 90.0 Å². The molecular formula is C21H29N3O4. The van der Waals surface area contributed by atoms with Gasteiger partial charge in [-0.2, -0.15) is 0 Å². The number of carboxylic acids is 1. The molecule has 152 valence electrons. The molecule has 2 amide bonds. The van der Waals surface area contributed by atoms with E-state index in [2.05, 4.69) is 5.32 Å². The van der Waals surface area contributed by atoms with Gasteiger partial charge in [0, 0.05) is 31.6 Å². The number of amides is 2. The number of aryl methyl sites for hydroxylation is 1. The Balaban J connectivity index is 1.45. The number of likely N-dealkylation sites (tertiary alicyclic amines) is 1. The Hall–Kier alpha value is -2.41. The van der Waals surface area contributed by atoms with Crippen LogP contribution in [0.2, 0.25) is 0 Å². The van der Waals surface area contributed by atoms with Crippen LogP contribution in [0.25, 0.3) is 0 Å². The van der Waals surface area contributed by atoms with Crippen molar-refractivity contribution in [1.29, 1.82) is 0 Å². The lowest BCUT2D eigenvalue weighted by molar-refractivity contribution is -0.140. The molecule has 0 aromatic heterocycles. The molecule has 2 fully saturated rings. The van der Waals surface area contributed by atoms with E-state index < -0.39 is 5.97 Å². The normalized spacial score (nSPS) is 24.3. The van der Waals surface area contributed by atoms with Gasteiger partial charge in [0.2, 0.25) is 11.8 Å². The molecule has 28 heavy (non-hydrogen) atoms. The Bertz CT molecular complexity index is 728. The fourth-order valence-electron chi connectivity index (χ4n) is 4.01. The van der Waals surface area contributed by atoms with Crippen LogP contribution in [0.5, 0.6) is 0 Å². The lowest BCUT2D eigenvalue weighted by Crippen LogP contribution is -2.55. The highest BCUT2D eigenvalue weighted by Gasteiger charge is 2.38. The van der Waals surface area contributed by atoms with Crippen molar-refractivity contribution in [3.05, 3.63) is 35.4 Å². The number of likely N-dealkylation sites (N-methyl/N-ethyl adjacent to an activating group) is 1. The lowest BCUT2D eigenvalue weighted by atomic mass is 9.85. The standard InChI is InChI=1S/C21H29N3O4/c1-3-23(13-20(26)27)18-9-17(10-18)22-21(28)16-8-19(25)24(12-16)11-15-6-4-14(2)5-7-15/h4-7,16-18H,3,8-13H2,1-2H3,(H,22,28)(H,26,27). The number of benzene rings is 1. The zero-order chi connectivity index (χ0) is 20.3. The molecule has 1 saturated heterocycles. The van der Waals surface area contributed by atoms with Crippen LogP contribution in [0.1, 0.15) is 37.3 Å². The molecule has 1 aromatic rings. The van der Waals surface area contributed by atoms with E-state index in [4.69, 9.17) is 5.11 Å². The number of carboxylic acid groups (broad SMARTS) is 1. The van der Waals surface area contributed by atoms with Crippen LogP contribution in [0.15, 0.2) is 24.3 Å². The molecule has 0 radical (unpaired) electrons. The van der Waals surface area contributed by atoms with Gasteiger partial charge in [0.15, 0.2) is 0 Å². The van der Waals surface area contributed by atoms with Crippen molar-refractivity contribution in [3.8, 4) is 0 Å². The van der Waals surface area contributed by atoms with Crippen molar-refractivity contribution in [2.75, 3.05) is 19.6 Å². The zero-order valence-electron chi connectivity index (χ0n) is 16.6. The van der Waals surface area contributed by atoms with Gasteiger partial charge in [-0.05, 0) is 31.9 Å². The average Bonchev–Trinajstić information content (AvgIpc) is 2.98. The SMILES string of the molecule is CCN(CC(=O)O)C1CC(NC(=O)C2CC(=O)N(Cc3ccc(C)cc3)C2)C1. The summed E-state index contributed by atoms with van der Waals surface area (Å²) in [5, 5.41) is 12.0. The van der Waals surface area contributed by atoms with Gasteiger partial charge in [-0.3, -0.25) is 19.3 Å². The van der Waals surface area contributed by atoms with Crippen molar-refractivity contribution in [2.24, 2.45) is 5.92 Å². The summed E-state index contributed by atoms with van der Waals surface area (Å²) in [6.45, 7) is 5.68. The predicted octanol–water partition coefficient (Wildman–Crippen LogP) is 1.40. The summed E-state index contributed by atoms with van der Waals surface area (Å²) in [5.74, 6) is -1.18. The van der Waals surface area contributed by atoms with Crippen LogP contribution < -0.4 is 5.32 Å². The monoisotopic (exact) mass is 387 g/mol. The van der Waals surface area contributed by atoms with Gasteiger partial charge in [-0.25, -0.2) is 0 Å². The molecule has 1 heterocycles. The van der Waals surface area contributed by atoms with Crippen LogP contribution in [0.4, 0.5) is 0 Å². The Morgan fingerprint density at radius 2 is 1.93 bits per heavy atom. The summed E-state index contributed by atoms with van der Waals surface area (Å²) in [5.41, 5.74) is 2.25. The molecular weight excluding hydrogens is 358 g/mol. The quantitative estimate of drug-likeness (QED) is 0.704. The molecule has 1 unspecified atom stereocenters. The highest BCUT2D eigenvalue weighted by molar-refractivity contribution is 5.89. The van der Waals surface area contributed by atoms with E-state index in [9.17, 15) is 14.4 Å². The molecule has 0 spiro atoms. The van der Waals surface area contributed by atoms with Crippen LogP contribution in [-0.4, -0.2) is 64.4 Å². The second kappa shape index (κ2) is 8.73. The number of carbonyl (C=O) groups excluding carboxylic acids is 2. The summed E-state index contributed by atoms with van der Waals surface area (Å²) in [7, 11) is 0. The number of hydrogen-bond donors (Lipinski definition) is 2. The molecule has 7 heteroatoms. The Kier molecular flexibility index (Phi) is 6.34. The highest BCUT2D eigenvalue weighted by Crippen LogP contribution is 2.27. The van der Waals surface area contributed by atoms with Crippen molar-refractivity contribution in [2.45, 2.75) is 51.7 Å². The van der Waals surface area contributed by atoms with E-state index in [0.717, 1.165) is 18.4 Å². The summed E-state index contributed by atoms with van der Waals surface area (Å²) >= 11 is 0. The lowest BCUT2D eigenvalue weighted by Gasteiger charge is -2.42. The molecule has 7 nitrogen and oxygen atoms in total. The van der Waals surface area contributed by atoms with Crippen molar-refractivity contribution in [1.82, 2.24) is 15.1 Å². The maximum atomic E-state index is 12.6. The number of nitrogens with zero attached hydrogens (tertiary/aromatic N) is 2. The van der Waals surface area contributed by atoms with Gasteiger partial charge in [-0.1, -0.05) is 36.8 Å². The van der Waals surface area contributed by atoms with Gasteiger partial charge >= 0.3 is 5.97 Å². The number of aliphatic carboxylic acids is 1. The molecule has 0 bridgehead atoms. The third kappa shape index (κ3) is 4.90. The molecule has 1 atom stereocenters. The van der Waals surface area contributed by atoms with E-state index in [1.807, 2.05) is 43.0 Å². The minimum absolute atomic E-state index is 0.0193. The number of rotatable bonds is 8. The number of carbonyl (C=O) groups is 3. The first-order chi connectivity index (χ1) is 13.4. The van der Waals surface area contributed by atoms with Gasteiger partial charge in [0.05, 0.1) is 12.5 Å². The molecule has 1 saturated carbocycles. The Morgan fingerprint density at radius 1 is 1.25 bits per heavy atom. The van der Waals surface area contributed by atoms with Crippen LogP contribution >= 0.6 is 0 Å². The highest BCUT2D eigenvalue weighted by atomic mass is 16.4. The van der Waals surface area contributed by atoms with Gasteiger partial charge < -0.3 is 15.3 Å². The molecule has 2 aliphatic rings. The van der Waals surface area contributed by atoms with E-state index >= 15 is 0 Å². The summed E-state index contributed by atoms with van der Waals surface area (Å²) in [4.78, 5) is 39.4. The Morgan fingerprint density at radius 3 is 2.54 bits per heavy atom. The third-order valence-corrected chi connectivity index (χ3v) is 5.80. The number of hydrogen-bond acceptors (Lipinski definition) is 4. The number of nitrogens with one attached hydrogen (secondary N) is 1. The first-order valence-corrected chi connectivity index (χ1v) is 9.95. The van der Waals surface area contributed by atoms with Crippen molar-refractivity contribution in [3.63, 3.8) is 0 Å². The predicted molar refractivity (Wildman–Crippen MR) is 105 cm³/mol. The summed E-state index contributed by atoms with van der Waals surface area (Å²) in [6, 6.07) is 8.35. The average molecular weight is 387 g/mol. The zero-order valence-corrected chi connectivity index (χ0v) is 16.6. The maximum absolute atomic E-state index is 12.6. The third-order valence-electron chi connectivity index (χ3n) is 5.80. The van der Waals surface area contributed by atoms with Gasteiger partial charge in [-0.15, -0.1) is 0 Å². The molecule has 3 rings (SSSR count). The second-order valence-corrected chi connectivity index (χ2v) is 7.95. The second-order valence-electron chi connectivity index (χ2n) is 7.95. The minimum atomic E-state index is -0.826. The Labute approximate surface area is 165 Å². The first-order valence-electron chi connectivity index (χ1n) is 9.95. The van der Waals surface area contributed by atoms with E-state index in [1.54, 1.807) is 4.90 Å². The molecule has 1 aromatic carbocycles. The van der Waals surface area contributed by atoms with Gasteiger partial charge in [0.25, 0.3) is 0 Å². The van der Waals surface area contributed by atoms with E-state index in [-0.39, 0.29) is 42.8 Å². The fourth-order valence-corrected chi connectivity index (χ4v) is 4.01. The summed E-state index contributed by atoms with van der Waals surface area (Å²) in [6.07, 6.45) is 1.79. The van der Waals surface area contributed by atoms with E-state index in [1.165, 1.54) is 5.56 Å². The van der Waals surface area contributed by atoms with Crippen LogP contribution in [0, 0.1) is 12.8 Å². The minimum Gasteiger partial charge on any atom is -0.480 e. The van der Waals surface area contributed by atoms with Crippen molar-refractivity contribution < 1.29 is 19.5 Å². The maximum Gasteiger partial charge on any atom is 0.317 e. The van der Waals surface area contributed by atoms with Crippen LogP contribution in [0.3, 0.4) is 0 Å². The van der Waals surface area contributed by atoms with Crippen molar-refractivity contribution >= 4 is 17.8 Å². The van der Waals surface area contributed by atoms with E-state index in [0.29, 0.717) is 19.6 Å². The molecule has 1 aliphatic heterocycles. The fraction of sp³-hybridized carbons (Fsp3) is 0.571. The largest absolute Gasteiger partial charge is 0.480 e. The molecule has 2 N–H and O–H groups in total. The van der Waals surface area contributed by atoms with Gasteiger partial charge in [0.1, 0.15) is 0 Å². The van der Waals surface area contributed by atoms with Crippen LogP contribution in [-0.2, 0) is 20.9 Å². The molecule has 1 aliphatic carbocycles. The summed E-state index contributed by atoms with van der Waals surface area (Å²) < 4.78 is 0. The smallest absolute Gasteiger partial charge is 0.317 e.